The van der Waals surface area contributed by atoms with Crippen LogP contribution in [0.15, 0.2) is 27.1 Å². The molecule has 0 fully saturated rings. The van der Waals surface area contributed by atoms with Crippen LogP contribution in [0, 0.1) is 10.8 Å². The van der Waals surface area contributed by atoms with Gasteiger partial charge in [-0.3, -0.25) is 0 Å². The van der Waals surface area contributed by atoms with Gasteiger partial charge in [-0.2, -0.15) is 0 Å². The molecule has 2 rings (SSSR count). The third kappa shape index (κ3) is 1.98. The average Bonchev–Trinajstić information content (AvgIpc) is 2.56. The molecule has 0 aliphatic rings. The molecule has 0 saturated carbocycles. The lowest BCUT2D eigenvalue weighted by molar-refractivity contribution is 0.536. The van der Waals surface area contributed by atoms with Crippen molar-refractivity contribution >= 4 is 38.5 Å². The largest absolute Gasteiger partial charge is 0.412 e. The minimum Gasteiger partial charge on any atom is -0.412 e. The summed E-state index contributed by atoms with van der Waals surface area (Å²) < 4.78 is 6.91. The average molecular weight is 365 g/mol. The zero-order valence-electron chi connectivity index (χ0n) is 7.29. The molecule has 0 radical (unpaired) electrons. The molecule has 0 aliphatic carbocycles. The highest BCUT2D eigenvalue weighted by atomic mass is 127. The van der Waals surface area contributed by atoms with E-state index in [-0.39, 0.29) is 0 Å². The van der Waals surface area contributed by atoms with Crippen molar-refractivity contribution in [1.82, 2.24) is 10.2 Å². The highest BCUT2D eigenvalue weighted by Gasteiger charge is 2.09. The van der Waals surface area contributed by atoms with E-state index >= 15 is 0 Å². The number of hydrogen-bond donors (Lipinski definition) is 0. The van der Waals surface area contributed by atoms with E-state index in [0.717, 1.165) is 15.6 Å². The first-order valence-electron chi connectivity index (χ1n) is 3.92. The molecule has 1 aromatic carbocycles. The van der Waals surface area contributed by atoms with Gasteiger partial charge in [0.25, 0.3) is 3.90 Å². The zero-order valence-corrected chi connectivity index (χ0v) is 11.0. The monoisotopic (exact) mass is 364 g/mol. The summed E-state index contributed by atoms with van der Waals surface area (Å²) in [6.07, 6.45) is 0. The maximum absolute atomic E-state index is 5.35. The Hall–Kier alpha value is -0.430. The molecule has 1 aromatic heterocycles. The fourth-order valence-electron chi connectivity index (χ4n) is 1.14. The summed E-state index contributed by atoms with van der Waals surface area (Å²) in [6, 6.07) is 5.97. The molecule has 0 N–H and O–H groups in total. The topological polar surface area (TPSA) is 38.9 Å². The molecule has 0 bridgehead atoms. The van der Waals surface area contributed by atoms with Gasteiger partial charge in [0.2, 0.25) is 5.89 Å². The Morgan fingerprint density at radius 3 is 2.79 bits per heavy atom. The molecule has 0 spiro atoms. The predicted octanol–water partition coefficient (Wildman–Crippen LogP) is 3.41. The van der Waals surface area contributed by atoms with Gasteiger partial charge >= 0.3 is 0 Å². The third-order valence-electron chi connectivity index (χ3n) is 1.83. The summed E-state index contributed by atoms with van der Waals surface area (Å²) in [6.45, 7) is 2.01. The van der Waals surface area contributed by atoms with Crippen molar-refractivity contribution in [3.8, 4) is 11.5 Å². The predicted molar refractivity (Wildman–Crippen MR) is 64.9 cm³/mol. The van der Waals surface area contributed by atoms with Crippen molar-refractivity contribution in [2.24, 2.45) is 0 Å². The Labute approximate surface area is 103 Å². The van der Waals surface area contributed by atoms with E-state index < -0.39 is 0 Å². The molecule has 0 aliphatic heterocycles. The standard InChI is InChI=1S/C9H6BrIN2O/c1-5-2-3-6(10)4-7(5)8-12-13-9(11)14-8/h2-4H,1H3. The molecular formula is C9H6BrIN2O. The van der Waals surface area contributed by atoms with Gasteiger partial charge in [0, 0.05) is 32.6 Å². The molecule has 5 heteroatoms. The fourth-order valence-corrected chi connectivity index (χ4v) is 1.82. The Morgan fingerprint density at radius 1 is 1.36 bits per heavy atom. The first-order valence-corrected chi connectivity index (χ1v) is 5.79. The minimum absolute atomic E-state index is 0.553. The maximum Gasteiger partial charge on any atom is 0.278 e. The molecule has 1 heterocycles. The first-order chi connectivity index (χ1) is 6.66. The van der Waals surface area contributed by atoms with Crippen LogP contribution in [-0.4, -0.2) is 10.2 Å². The molecule has 2 aromatic rings. The van der Waals surface area contributed by atoms with Crippen molar-refractivity contribution in [3.05, 3.63) is 32.1 Å². The lowest BCUT2D eigenvalue weighted by Gasteiger charge is -2.00. The summed E-state index contributed by atoms with van der Waals surface area (Å²) >= 11 is 5.40. The van der Waals surface area contributed by atoms with Crippen LogP contribution >= 0.6 is 38.5 Å². The van der Waals surface area contributed by atoms with Gasteiger partial charge < -0.3 is 4.42 Å². The van der Waals surface area contributed by atoms with Crippen LogP contribution in [0.3, 0.4) is 0 Å². The third-order valence-corrected chi connectivity index (χ3v) is 2.76. The van der Waals surface area contributed by atoms with Crippen molar-refractivity contribution in [2.45, 2.75) is 6.92 Å². The molecular weight excluding hydrogens is 359 g/mol. The highest BCUT2D eigenvalue weighted by molar-refractivity contribution is 14.1. The Kier molecular flexibility index (Phi) is 2.87. The van der Waals surface area contributed by atoms with E-state index in [4.69, 9.17) is 4.42 Å². The number of halogens is 2. The van der Waals surface area contributed by atoms with Crippen LogP contribution < -0.4 is 0 Å². The molecule has 14 heavy (non-hydrogen) atoms. The smallest absolute Gasteiger partial charge is 0.278 e. The molecule has 0 saturated heterocycles. The quantitative estimate of drug-likeness (QED) is 0.728. The normalized spacial score (nSPS) is 10.5. The Balaban J connectivity index is 2.55. The van der Waals surface area contributed by atoms with Crippen molar-refractivity contribution in [1.29, 1.82) is 0 Å². The molecule has 72 valence electrons. The van der Waals surface area contributed by atoms with Crippen LogP contribution in [0.25, 0.3) is 11.5 Å². The fraction of sp³-hybridized carbons (Fsp3) is 0.111. The van der Waals surface area contributed by atoms with Gasteiger partial charge in [0.05, 0.1) is 0 Å². The van der Waals surface area contributed by atoms with Crippen LogP contribution in [-0.2, 0) is 0 Å². The van der Waals surface area contributed by atoms with E-state index in [1.807, 2.05) is 47.7 Å². The van der Waals surface area contributed by atoms with E-state index in [1.54, 1.807) is 0 Å². The van der Waals surface area contributed by atoms with Gasteiger partial charge in [-0.1, -0.05) is 22.0 Å². The molecule has 0 unspecified atom stereocenters. The van der Waals surface area contributed by atoms with Gasteiger partial charge in [-0.15, -0.1) is 10.2 Å². The second-order valence-corrected chi connectivity index (χ2v) is 4.66. The van der Waals surface area contributed by atoms with Crippen molar-refractivity contribution < 1.29 is 4.42 Å². The van der Waals surface area contributed by atoms with E-state index in [2.05, 4.69) is 26.1 Å². The van der Waals surface area contributed by atoms with E-state index in [9.17, 15) is 0 Å². The first kappa shape index (κ1) is 10.1. The number of aromatic nitrogens is 2. The number of hydrogen-bond acceptors (Lipinski definition) is 3. The van der Waals surface area contributed by atoms with Crippen LogP contribution in [0.2, 0.25) is 0 Å². The zero-order chi connectivity index (χ0) is 10.1. The number of benzene rings is 1. The second kappa shape index (κ2) is 3.98. The lowest BCUT2D eigenvalue weighted by atomic mass is 10.1. The molecule has 0 atom stereocenters. The van der Waals surface area contributed by atoms with Gasteiger partial charge in [0.1, 0.15) is 0 Å². The summed E-state index contributed by atoms with van der Waals surface area (Å²) in [5.41, 5.74) is 2.09. The second-order valence-electron chi connectivity index (χ2n) is 2.82. The van der Waals surface area contributed by atoms with Crippen LogP contribution in [0.4, 0.5) is 0 Å². The summed E-state index contributed by atoms with van der Waals surface area (Å²) in [5.74, 6) is 0.563. The summed E-state index contributed by atoms with van der Waals surface area (Å²) in [4.78, 5) is 0. The van der Waals surface area contributed by atoms with Gasteiger partial charge in [0.15, 0.2) is 0 Å². The van der Waals surface area contributed by atoms with Crippen LogP contribution in [0.5, 0.6) is 0 Å². The Morgan fingerprint density at radius 2 is 2.14 bits per heavy atom. The molecule has 3 nitrogen and oxygen atoms in total. The van der Waals surface area contributed by atoms with Crippen LogP contribution in [0.1, 0.15) is 5.56 Å². The van der Waals surface area contributed by atoms with Gasteiger partial charge in [-0.05, 0) is 24.6 Å². The lowest BCUT2D eigenvalue weighted by Crippen LogP contribution is -1.83. The molecule has 0 amide bonds. The van der Waals surface area contributed by atoms with Crippen molar-refractivity contribution in [2.75, 3.05) is 0 Å². The summed E-state index contributed by atoms with van der Waals surface area (Å²) in [7, 11) is 0. The maximum atomic E-state index is 5.35. The number of aryl methyl sites for hydroxylation is 1. The number of nitrogens with zero attached hydrogens (tertiary/aromatic N) is 2. The highest BCUT2D eigenvalue weighted by Crippen LogP contribution is 2.25. The Bertz CT molecular complexity index is 470. The van der Waals surface area contributed by atoms with E-state index in [0.29, 0.717) is 9.79 Å². The SMILES string of the molecule is Cc1ccc(Br)cc1-c1nnc(I)o1. The van der Waals surface area contributed by atoms with Crippen molar-refractivity contribution in [3.63, 3.8) is 0 Å². The van der Waals surface area contributed by atoms with E-state index in [1.165, 1.54) is 0 Å². The summed E-state index contributed by atoms with van der Waals surface area (Å²) in [5, 5.41) is 7.76. The van der Waals surface area contributed by atoms with Gasteiger partial charge in [-0.25, -0.2) is 0 Å². The number of rotatable bonds is 1. The minimum atomic E-state index is 0.553.